The number of hydrogen-bond donors (Lipinski definition) is 1. The molecule has 1 N–H and O–H groups in total. The molecule has 0 aromatic carbocycles. The van der Waals surface area contributed by atoms with Crippen LogP contribution >= 0.6 is 0 Å². The smallest absolute Gasteiger partial charge is 0.300 e. The van der Waals surface area contributed by atoms with Gasteiger partial charge < -0.3 is 0 Å². The lowest BCUT2D eigenvalue weighted by atomic mass is 9.44. The first-order valence-electron chi connectivity index (χ1n) is 10.7. The Kier molecular flexibility index (Phi) is 4.80. The molecule has 4 fully saturated rings. The lowest BCUT2D eigenvalue weighted by molar-refractivity contribution is -0.137. The Morgan fingerprint density at radius 2 is 1.63 bits per heavy atom. The Balaban J connectivity index is 1.53. The molecule has 0 spiro atoms. The van der Waals surface area contributed by atoms with Crippen molar-refractivity contribution in [1.82, 2.24) is 0 Å². The summed E-state index contributed by atoms with van der Waals surface area (Å²) >= 11 is 0. The van der Waals surface area contributed by atoms with Crippen LogP contribution in [-0.4, -0.2) is 24.9 Å². The second-order valence-electron chi connectivity index (χ2n) is 10.4. The van der Waals surface area contributed by atoms with Crippen LogP contribution in [0.1, 0.15) is 78.6 Å². The van der Waals surface area contributed by atoms with E-state index in [1.165, 1.54) is 19.3 Å². The van der Waals surface area contributed by atoms with E-state index in [1.807, 2.05) is 0 Å². The monoisotopic (exact) mass is 398 g/mol. The van der Waals surface area contributed by atoms with Gasteiger partial charge >= 0.3 is 10.4 Å². The summed E-state index contributed by atoms with van der Waals surface area (Å²) in [6.45, 7) is 6.57. The molecule has 0 aliphatic heterocycles. The van der Waals surface area contributed by atoms with Crippen molar-refractivity contribution < 1.29 is 21.9 Å². The minimum atomic E-state index is -4.37. The van der Waals surface area contributed by atoms with Gasteiger partial charge in [0.15, 0.2) is 0 Å². The molecule has 8 atom stereocenters. The Morgan fingerprint density at radius 1 is 0.963 bits per heavy atom. The van der Waals surface area contributed by atoms with Gasteiger partial charge in [0.1, 0.15) is 5.78 Å². The van der Waals surface area contributed by atoms with Crippen LogP contribution in [0.2, 0.25) is 0 Å². The van der Waals surface area contributed by atoms with E-state index in [4.69, 9.17) is 8.74 Å². The topological polar surface area (TPSA) is 80.7 Å². The van der Waals surface area contributed by atoms with E-state index in [9.17, 15) is 13.2 Å². The van der Waals surface area contributed by atoms with Gasteiger partial charge in [-0.3, -0.25) is 9.35 Å². The molecule has 5 nitrogen and oxygen atoms in total. The molecule has 154 valence electrons. The Bertz CT molecular complexity index is 718. The van der Waals surface area contributed by atoms with Crippen LogP contribution in [0.25, 0.3) is 0 Å². The fourth-order valence-electron chi connectivity index (χ4n) is 8.15. The summed E-state index contributed by atoms with van der Waals surface area (Å²) in [6, 6.07) is 0. The fraction of sp³-hybridized carbons (Fsp3) is 0.952. The average molecular weight is 399 g/mol. The SMILES string of the molecule is CC(=O)[C@H]1CC[C@H]2[C@@H]3CC[C@H]4C[C@@H](OS(=O)(=O)O)CC[C@]4(C)[C@H]3CC[C@]12C. The molecule has 0 amide bonds. The first-order chi connectivity index (χ1) is 12.5. The third-order valence-corrected chi connectivity index (χ3v) is 9.88. The Hall–Kier alpha value is -0.460. The predicted molar refractivity (Wildman–Crippen MR) is 102 cm³/mol. The number of fused-ring (bicyclic) bond motifs is 5. The van der Waals surface area contributed by atoms with Crippen LogP contribution in [-0.2, 0) is 19.4 Å². The van der Waals surface area contributed by atoms with E-state index in [2.05, 4.69) is 13.8 Å². The second kappa shape index (κ2) is 6.53. The zero-order valence-electron chi connectivity index (χ0n) is 16.8. The molecule has 4 saturated carbocycles. The van der Waals surface area contributed by atoms with E-state index in [0.29, 0.717) is 35.9 Å². The highest BCUT2D eigenvalue weighted by Crippen LogP contribution is 2.67. The molecular weight excluding hydrogens is 364 g/mol. The molecule has 0 radical (unpaired) electrons. The normalized spacial score (nSPS) is 49.8. The Labute approximate surface area is 163 Å². The summed E-state index contributed by atoms with van der Waals surface area (Å²) in [6.07, 6.45) is 8.92. The van der Waals surface area contributed by atoms with Gasteiger partial charge in [-0.15, -0.1) is 0 Å². The summed E-state index contributed by atoms with van der Waals surface area (Å²) in [4.78, 5) is 12.2. The minimum Gasteiger partial charge on any atom is -0.300 e. The standard InChI is InChI=1S/C21H34O5S/c1-13(22)17-6-7-18-16-5-4-14-12-15(26-27(23,24)25)8-10-20(14,2)19(16)9-11-21(17,18)3/h14-19H,4-12H2,1-3H3,(H,23,24,25)/t14-,15-,16-,17+,18-,19-,20-,21+/m0/s1. The highest BCUT2D eigenvalue weighted by atomic mass is 32.3. The molecule has 0 bridgehead atoms. The van der Waals surface area contributed by atoms with Gasteiger partial charge in [0.25, 0.3) is 0 Å². The van der Waals surface area contributed by atoms with Crippen molar-refractivity contribution in [3.8, 4) is 0 Å². The third kappa shape index (κ3) is 3.20. The van der Waals surface area contributed by atoms with Gasteiger partial charge in [-0.25, -0.2) is 4.18 Å². The van der Waals surface area contributed by atoms with Gasteiger partial charge in [0, 0.05) is 5.92 Å². The number of carbonyl (C=O) groups excluding carboxylic acids is 1. The van der Waals surface area contributed by atoms with Crippen LogP contribution < -0.4 is 0 Å². The molecule has 4 aliphatic carbocycles. The van der Waals surface area contributed by atoms with Gasteiger partial charge in [-0.2, -0.15) is 8.42 Å². The molecule has 0 aromatic rings. The molecular formula is C21H34O5S. The quantitative estimate of drug-likeness (QED) is 0.712. The van der Waals surface area contributed by atoms with Gasteiger partial charge in [-0.05, 0) is 99.2 Å². The van der Waals surface area contributed by atoms with Crippen LogP contribution in [0.4, 0.5) is 0 Å². The van der Waals surface area contributed by atoms with Crippen LogP contribution in [0.5, 0.6) is 0 Å². The summed E-state index contributed by atoms with van der Waals surface area (Å²) < 4.78 is 36.2. The van der Waals surface area contributed by atoms with Crippen LogP contribution in [0.3, 0.4) is 0 Å². The highest BCUT2D eigenvalue weighted by molar-refractivity contribution is 7.80. The molecule has 4 aliphatic rings. The first-order valence-corrected chi connectivity index (χ1v) is 12.1. The molecule has 6 heteroatoms. The van der Waals surface area contributed by atoms with Crippen molar-refractivity contribution in [1.29, 1.82) is 0 Å². The second-order valence-corrected chi connectivity index (χ2v) is 11.4. The fourth-order valence-corrected chi connectivity index (χ4v) is 8.66. The first kappa shape index (κ1) is 19.8. The Morgan fingerprint density at radius 3 is 2.30 bits per heavy atom. The lowest BCUT2D eigenvalue weighted by Crippen LogP contribution is -2.54. The van der Waals surface area contributed by atoms with Crippen molar-refractivity contribution >= 4 is 16.2 Å². The number of rotatable bonds is 3. The predicted octanol–water partition coefficient (Wildman–Crippen LogP) is 4.42. The largest absolute Gasteiger partial charge is 0.397 e. The number of Topliss-reactive ketones (excluding diaryl/α,β-unsaturated/α-hetero) is 1. The van der Waals surface area contributed by atoms with Crippen molar-refractivity contribution in [2.75, 3.05) is 0 Å². The van der Waals surface area contributed by atoms with Gasteiger partial charge in [0.2, 0.25) is 0 Å². The van der Waals surface area contributed by atoms with Crippen LogP contribution in [0.15, 0.2) is 0 Å². The molecule has 27 heavy (non-hydrogen) atoms. The van der Waals surface area contributed by atoms with E-state index in [0.717, 1.165) is 32.1 Å². The molecule has 0 heterocycles. The molecule has 0 unspecified atom stereocenters. The van der Waals surface area contributed by atoms with Crippen molar-refractivity contribution in [2.24, 2.45) is 40.4 Å². The maximum absolute atomic E-state index is 12.2. The van der Waals surface area contributed by atoms with E-state index in [1.54, 1.807) is 6.92 Å². The van der Waals surface area contributed by atoms with Crippen molar-refractivity contribution in [3.63, 3.8) is 0 Å². The zero-order valence-corrected chi connectivity index (χ0v) is 17.6. The average Bonchev–Trinajstić information content (AvgIpc) is 2.91. The number of ketones is 1. The molecule has 0 saturated heterocycles. The molecule has 4 rings (SSSR count). The lowest BCUT2D eigenvalue weighted by Gasteiger charge is -2.61. The van der Waals surface area contributed by atoms with E-state index in [-0.39, 0.29) is 22.9 Å². The maximum atomic E-state index is 12.2. The third-order valence-electron chi connectivity index (χ3n) is 9.37. The summed E-state index contributed by atoms with van der Waals surface area (Å²) in [5, 5.41) is 0. The van der Waals surface area contributed by atoms with Crippen LogP contribution in [0, 0.1) is 40.4 Å². The highest BCUT2D eigenvalue weighted by Gasteiger charge is 2.60. The van der Waals surface area contributed by atoms with E-state index >= 15 is 0 Å². The zero-order chi connectivity index (χ0) is 19.6. The number of hydrogen-bond acceptors (Lipinski definition) is 4. The van der Waals surface area contributed by atoms with Gasteiger partial charge in [-0.1, -0.05) is 13.8 Å². The van der Waals surface area contributed by atoms with E-state index < -0.39 is 10.4 Å². The summed E-state index contributed by atoms with van der Waals surface area (Å²) in [5.74, 6) is 3.12. The van der Waals surface area contributed by atoms with Gasteiger partial charge in [0.05, 0.1) is 6.10 Å². The summed E-state index contributed by atoms with van der Waals surface area (Å²) in [7, 11) is -4.37. The number of carbonyl (C=O) groups is 1. The van der Waals surface area contributed by atoms with Crippen molar-refractivity contribution in [3.05, 3.63) is 0 Å². The maximum Gasteiger partial charge on any atom is 0.397 e. The minimum absolute atomic E-state index is 0.182. The summed E-state index contributed by atoms with van der Waals surface area (Å²) in [5.41, 5.74) is 0.416. The molecule has 0 aromatic heterocycles. The van der Waals surface area contributed by atoms with Crippen molar-refractivity contribution in [2.45, 2.75) is 84.7 Å².